The Hall–Kier alpha value is -1.34. The first kappa shape index (κ1) is 19.7. The third-order valence-electron chi connectivity index (χ3n) is 3.60. The van der Waals surface area contributed by atoms with Crippen LogP contribution in [-0.4, -0.2) is 54.0 Å². The summed E-state index contributed by atoms with van der Waals surface area (Å²) in [4.78, 5) is 24.3. The molecule has 1 fully saturated rings. The fourth-order valence-electron chi connectivity index (χ4n) is 2.49. The van der Waals surface area contributed by atoms with Crippen LogP contribution >= 0.6 is 0 Å². The molecule has 1 rings (SSSR count). The number of hydrogen-bond acceptors (Lipinski definition) is 5. The average molecular weight is 329 g/mol. The number of alkyl carbamates (subject to hydrolysis) is 1. The van der Waals surface area contributed by atoms with Crippen molar-refractivity contribution >= 4 is 12.0 Å². The van der Waals surface area contributed by atoms with Gasteiger partial charge in [-0.2, -0.15) is 0 Å². The zero-order valence-electron chi connectivity index (χ0n) is 14.6. The third kappa shape index (κ3) is 7.65. The predicted molar refractivity (Wildman–Crippen MR) is 88.1 cm³/mol. The van der Waals surface area contributed by atoms with Gasteiger partial charge in [0.15, 0.2) is 0 Å². The van der Waals surface area contributed by atoms with Crippen LogP contribution in [0, 0.1) is 0 Å². The molecule has 2 unspecified atom stereocenters. The molecule has 134 valence electrons. The van der Waals surface area contributed by atoms with Gasteiger partial charge in [-0.3, -0.25) is 4.79 Å². The van der Waals surface area contributed by atoms with Gasteiger partial charge in [0.05, 0.1) is 12.1 Å². The highest BCUT2D eigenvalue weighted by atomic mass is 16.6. The lowest BCUT2D eigenvalue weighted by Gasteiger charge is -2.26. The summed E-state index contributed by atoms with van der Waals surface area (Å²) in [5.74, 6) is -0.274. The predicted octanol–water partition coefficient (Wildman–Crippen LogP) is 0.909. The maximum absolute atomic E-state index is 12.4. The smallest absolute Gasteiger partial charge is 0.408 e. The highest BCUT2D eigenvalue weighted by molar-refractivity contribution is 5.85. The molecule has 1 saturated heterocycles. The lowest BCUT2D eigenvalue weighted by molar-refractivity contribution is -0.125. The quantitative estimate of drug-likeness (QED) is 0.601. The number of aliphatic hydroxyl groups is 1. The minimum Gasteiger partial charge on any atom is -0.444 e. The molecular weight excluding hydrogens is 298 g/mol. The van der Waals surface area contributed by atoms with Gasteiger partial charge in [0.1, 0.15) is 11.6 Å². The van der Waals surface area contributed by atoms with E-state index in [1.165, 1.54) is 0 Å². The van der Waals surface area contributed by atoms with Gasteiger partial charge in [-0.1, -0.05) is 13.3 Å². The first-order valence-electron chi connectivity index (χ1n) is 8.41. The number of rotatable bonds is 5. The standard InChI is InChI=1S/C16H31N3O4/c1-5-7-12(19-15(22)23-16(2,3)4)14(21)18-11-8-6-9-17-10-13(11)20/h11-13,17,20H,5-10H2,1-4H3,(H,18,21)(H,19,22)/t11?,12-,13?/m0/s1. The number of aliphatic hydroxyl groups excluding tert-OH is 1. The van der Waals surface area contributed by atoms with Crippen LogP contribution < -0.4 is 16.0 Å². The van der Waals surface area contributed by atoms with E-state index in [-0.39, 0.29) is 11.9 Å². The van der Waals surface area contributed by atoms with Gasteiger partial charge in [-0.15, -0.1) is 0 Å². The van der Waals surface area contributed by atoms with Crippen molar-refractivity contribution in [3.05, 3.63) is 0 Å². The van der Waals surface area contributed by atoms with Crippen molar-refractivity contribution in [3.8, 4) is 0 Å². The molecule has 0 saturated carbocycles. The largest absolute Gasteiger partial charge is 0.444 e. The normalized spacial score (nSPS) is 23.5. The molecule has 3 atom stereocenters. The lowest BCUT2D eigenvalue weighted by atomic mass is 10.1. The molecule has 7 nitrogen and oxygen atoms in total. The van der Waals surface area contributed by atoms with Crippen LogP contribution in [0.4, 0.5) is 4.79 Å². The van der Waals surface area contributed by atoms with Crippen LogP contribution in [0.5, 0.6) is 0 Å². The molecular formula is C16H31N3O4. The fraction of sp³-hybridized carbons (Fsp3) is 0.875. The van der Waals surface area contributed by atoms with Crippen molar-refractivity contribution in [3.63, 3.8) is 0 Å². The fourth-order valence-corrected chi connectivity index (χ4v) is 2.49. The molecule has 0 aromatic heterocycles. The molecule has 1 aliphatic rings. The monoisotopic (exact) mass is 329 g/mol. The van der Waals surface area contributed by atoms with Gasteiger partial charge in [0.25, 0.3) is 0 Å². The number of carbonyl (C=O) groups excluding carboxylic acids is 2. The van der Waals surface area contributed by atoms with Gasteiger partial charge in [0.2, 0.25) is 5.91 Å². The Morgan fingerprint density at radius 2 is 2.09 bits per heavy atom. The van der Waals surface area contributed by atoms with Gasteiger partial charge in [0, 0.05) is 6.54 Å². The van der Waals surface area contributed by atoms with E-state index in [0.717, 1.165) is 19.4 Å². The van der Waals surface area contributed by atoms with E-state index in [1.807, 2.05) is 6.92 Å². The number of amides is 2. The van der Waals surface area contributed by atoms with Gasteiger partial charge < -0.3 is 25.8 Å². The van der Waals surface area contributed by atoms with E-state index in [0.29, 0.717) is 19.4 Å². The second-order valence-electron chi connectivity index (χ2n) is 7.02. The summed E-state index contributed by atoms with van der Waals surface area (Å²) in [6.45, 7) is 8.56. The summed E-state index contributed by atoms with van der Waals surface area (Å²) in [7, 11) is 0. The summed E-state index contributed by atoms with van der Waals surface area (Å²) < 4.78 is 5.21. The van der Waals surface area contributed by atoms with Gasteiger partial charge >= 0.3 is 6.09 Å². The summed E-state index contributed by atoms with van der Waals surface area (Å²) in [6, 6.07) is -0.949. The van der Waals surface area contributed by atoms with Crippen molar-refractivity contribution in [2.24, 2.45) is 0 Å². The molecule has 1 heterocycles. The van der Waals surface area contributed by atoms with Gasteiger partial charge in [-0.05, 0) is 46.6 Å². The Labute approximate surface area is 138 Å². The maximum Gasteiger partial charge on any atom is 0.408 e. The Kier molecular flexibility index (Phi) is 7.78. The molecule has 0 aromatic rings. The van der Waals surface area contributed by atoms with Crippen LogP contribution in [0.15, 0.2) is 0 Å². The minimum atomic E-state index is -0.654. The SMILES string of the molecule is CCC[C@H](NC(=O)OC(C)(C)C)C(=O)NC1CCCNCC1O. The number of ether oxygens (including phenoxy) is 1. The Morgan fingerprint density at radius 1 is 1.39 bits per heavy atom. The molecule has 0 radical (unpaired) electrons. The molecule has 0 bridgehead atoms. The second-order valence-corrected chi connectivity index (χ2v) is 7.02. The van der Waals surface area contributed by atoms with E-state index in [9.17, 15) is 14.7 Å². The molecule has 0 spiro atoms. The van der Waals surface area contributed by atoms with Crippen molar-refractivity contribution in [2.75, 3.05) is 13.1 Å². The summed E-state index contributed by atoms with van der Waals surface area (Å²) in [5.41, 5.74) is -0.611. The number of β-amino-alcohol motifs (C(OH)–C–C–N with tert-alkyl or cyclic N) is 1. The third-order valence-corrected chi connectivity index (χ3v) is 3.60. The Morgan fingerprint density at radius 3 is 2.70 bits per heavy atom. The number of hydrogen-bond donors (Lipinski definition) is 4. The zero-order chi connectivity index (χ0) is 17.5. The van der Waals surface area contributed by atoms with E-state index in [4.69, 9.17) is 4.74 Å². The Balaban J connectivity index is 2.60. The molecule has 1 aliphatic heterocycles. The lowest BCUT2D eigenvalue weighted by Crippen LogP contribution is -2.53. The average Bonchev–Trinajstić information content (AvgIpc) is 2.61. The van der Waals surface area contributed by atoms with Gasteiger partial charge in [-0.25, -0.2) is 4.79 Å². The molecule has 4 N–H and O–H groups in total. The Bertz CT molecular complexity index is 395. The topological polar surface area (TPSA) is 99.7 Å². The van der Waals surface area contributed by atoms with Crippen molar-refractivity contribution in [1.82, 2.24) is 16.0 Å². The van der Waals surface area contributed by atoms with Crippen LogP contribution in [0.2, 0.25) is 0 Å². The number of nitrogens with one attached hydrogen (secondary N) is 3. The minimum absolute atomic E-state index is 0.274. The number of carbonyl (C=O) groups is 2. The molecule has 0 aliphatic carbocycles. The summed E-state index contributed by atoms with van der Waals surface area (Å²) in [5, 5.41) is 18.7. The molecule has 23 heavy (non-hydrogen) atoms. The van der Waals surface area contributed by atoms with E-state index >= 15 is 0 Å². The molecule has 0 aromatic carbocycles. The van der Waals surface area contributed by atoms with Crippen LogP contribution in [0.1, 0.15) is 53.4 Å². The van der Waals surface area contributed by atoms with Crippen LogP contribution in [0.25, 0.3) is 0 Å². The van der Waals surface area contributed by atoms with E-state index in [2.05, 4.69) is 16.0 Å². The summed E-state index contributed by atoms with van der Waals surface area (Å²) >= 11 is 0. The summed E-state index contributed by atoms with van der Waals surface area (Å²) in [6.07, 6.45) is 1.65. The second kappa shape index (κ2) is 9.08. The first-order valence-corrected chi connectivity index (χ1v) is 8.41. The highest BCUT2D eigenvalue weighted by Crippen LogP contribution is 2.10. The van der Waals surface area contributed by atoms with Crippen molar-refractivity contribution in [1.29, 1.82) is 0 Å². The molecule has 2 amide bonds. The highest BCUT2D eigenvalue weighted by Gasteiger charge is 2.28. The first-order chi connectivity index (χ1) is 10.7. The van der Waals surface area contributed by atoms with Crippen molar-refractivity contribution in [2.45, 2.75) is 77.2 Å². The van der Waals surface area contributed by atoms with Crippen LogP contribution in [0.3, 0.4) is 0 Å². The van der Waals surface area contributed by atoms with Crippen LogP contribution in [-0.2, 0) is 9.53 Å². The van der Waals surface area contributed by atoms with Crippen molar-refractivity contribution < 1.29 is 19.4 Å². The van der Waals surface area contributed by atoms with E-state index < -0.39 is 23.8 Å². The van der Waals surface area contributed by atoms with E-state index in [1.54, 1.807) is 20.8 Å². The zero-order valence-corrected chi connectivity index (χ0v) is 14.6. The maximum atomic E-state index is 12.4. The molecule has 7 heteroatoms.